The lowest BCUT2D eigenvalue weighted by Gasteiger charge is -1.91. The zero-order chi connectivity index (χ0) is 8.72. The predicted molar refractivity (Wildman–Crippen MR) is 47.9 cm³/mol. The number of benzene rings is 1. The highest BCUT2D eigenvalue weighted by atomic mass is 32.1. The Morgan fingerprint density at radius 2 is 2.17 bits per heavy atom. The lowest BCUT2D eigenvalue weighted by molar-refractivity contribution is 0.483. The number of fused-ring (bicyclic) bond motifs is 1. The van der Waals surface area contributed by atoms with E-state index >= 15 is 0 Å². The molecule has 0 amide bonds. The van der Waals surface area contributed by atoms with E-state index in [0.717, 1.165) is 0 Å². The summed E-state index contributed by atoms with van der Waals surface area (Å²) in [7, 11) is 0. The van der Waals surface area contributed by atoms with Crippen LogP contribution in [0.3, 0.4) is 0 Å². The van der Waals surface area contributed by atoms with E-state index in [-0.39, 0.29) is 16.1 Å². The van der Waals surface area contributed by atoms with Crippen LogP contribution in [-0.2, 0) is 0 Å². The molecule has 0 aliphatic heterocycles. The molecule has 0 atom stereocenters. The van der Waals surface area contributed by atoms with Crippen LogP contribution in [0.2, 0.25) is 0 Å². The van der Waals surface area contributed by atoms with Gasteiger partial charge in [0.1, 0.15) is 10.8 Å². The van der Waals surface area contributed by atoms with Crippen LogP contribution in [0.5, 0.6) is 5.75 Å². The Bertz CT molecular complexity index is 438. The molecule has 4 heteroatoms. The SMILES string of the molecule is Nc1sc2cccc(F)c2c1O. The minimum absolute atomic E-state index is 0.145. The number of rotatable bonds is 0. The minimum atomic E-state index is -0.432. The van der Waals surface area contributed by atoms with Crippen LogP contribution in [0.15, 0.2) is 18.2 Å². The van der Waals surface area contributed by atoms with E-state index in [0.29, 0.717) is 4.70 Å². The number of anilines is 1. The molecule has 1 aromatic carbocycles. The zero-order valence-corrected chi connectivity index (χ0v) is 6.86. The third kappa shape index (κ3) is 0.848. The van der Waals surface area contributed by atoms with Crippen LogP contribution in [0, 0.1) is 5.82 Å². The molecule has 0 unspecified atom stereocenters. The largest absolute Gasteiger partial charge is 0.504 e. The Hall–Kier alpha value is -1.29. The van der Waals surface area contributed by atoms with Crippen molar-refractivity contribution in [1.82, 2.24) is 0 Å². The van der Waals surface area contributed by atoms with Gasteiger partial charge >= 0.3 is 0 Å². The van der Waals surface area contributed by atoms with Crippen LogP contribution in [-0.4, -0.2) is 5.11 Å². The summed E-state index contributed by atoms with van der Waals surface area (Å²) < 4.78 is 13.7. The van der Waals surface area contributed by atoms with Crippen molar-refractivity contribution in [3.05, 3.63) is 24.0 Å². The number of nitrogens with two attached hydrogens (primary N) is 1. The minimum Gasteiger partial charge on any atom is -0.504 e. The van der Waals surface area contributed by atoms with Crippen LogP contribution in [0.4, 0.5) is 9.39 Å². The lowest BCUT2D eigenvalue weighted by Crippen LogP contribution is -1.77. The first kappa shape index (κ1) is 7.36. The first-order chi connectivity index (χ1) is 5.70. The normalized spacial score (nSPS) is 10.8. The number of hydrogen-bond acceptors (Lipinski definition) is 3. The van der Waals surface area contributed by atoms with Crippen LogP contribution >= 0.6 is 11.3 Å². The molecule has 2 nitrogen and oxygen atoms in total. The Kier molecular flexibility index (Phi) is 1.44. The van der Waals surface area contributed by atoms with Crippen LogP contribution in [0.1, 0.15) is 0 Å². The second-order valence-electron chi connectivity index (χ2n) is 2.43. The molecular weight excluding hydrogens is 177 g/mol. The van der Waals surface area contributed by atoms with E-state index in [4.69, 9.17) is 5.73 Å². The van der Waals surface area contributed by atoms with Crippen LogP contribution in [0.25, 0.3) is 10.1 Å². The molecule has 62 valence electrons. The van der Waals surface area contributed by atoms with Crippen molar-refractivity contribution in [1.29, 1.82) is 0 Å². The van der Waals surface area contributed by atoms with Crippen molar-refractivity contribution in [2.75, 3.05) is 5.73 Å². The second kappa shape index (κ2) is 2.35. The molecule has 0 fully saturated rings. The van der Waals surface area contributed by atoms with E-state index in [9.17, 15) is 9.50 Å². The molecule has 0 saturated carbocycles. The van der Waals surface area contributed by atoms with Crippen molar-refractivity contribution >= 4 is 26.4 Å². The Morgan fingerprint density at radius 1 is 1.42 bits per heavy atom. The molecule has 0 bridgehead atoms. The highest BCUT2D eigenvalue weighted by molar-refractivity contribution is 7.23. The van der Waals surface area contributed by atoms with Gasteiger partial charge in [-0.05, 0) is 12.1 Å². The highest BCUT2D eigenvalue weighted by Gasteiger charge is 2.11. The van der Waals surface area contributed by atoms with Crippen molar-refractivity contribution in [2.24, 2.45) is 0 Å². The third-order valence-corrected chi connectivity index (χ3v) is 2.64. The summed E-state index contributed by atoms with van der Waals surface area (Å²) in [6, 6.07) is 4.61. The molecule has 2 aromatic rings. The second-order valence-corrected chi connectivity index (χ2v) is 3.51. The summed E-state index contributed by atoms with van der Waals surface area (Å²) in [5, 5.41) is 9.81. The quantitative estimate of drug-likeness (QED) is 0.658. The fourth-order valence-electron chi connectivity index (χ4n) is 1.11. The molecule has 0 spiro atoms. The standard InChI is InChI=1S/C8H6FNOS/c9-4-2-1-3-5-6(4)7(11)8(10)12-5/h1-3,11H,10H2. The van der Waals surface area contributed by atoms with Gasteiger partial charge in [0.05, 0.1) is 5.39 Å². The molecule has 0 aliphatic rings. The molecule has 0 radical (unpaired) electrons. The number of hydrogen-bond donors (Lipinski definition) is 2. The topological polar surface area (TPSA) is 46.2 Å². The van der Waals surface area contributed by atoms with Gasteiger partial charge in [-0.15, -0.1) is 11.3 Å². The molecule has 1 heterocycles. The Morgan fingerprint density at radius 3 is 2.83 bits per heavy atom. The fourth-order valence-corrected chi connectivity index (χ4v) is 1.99. The van der Waals surface area contributed by atoms with Gasteiger partial charge in [0.2, 0.25) is 0 Å². The number of thiophene rings is 1. The van der Waals surface area contributed by atoms with Gasteiger partial charge in [0.25, 0.3) is 0 Å². The molecule has 2 rings (SSSR count). The molecule has 0 saturated heterocycles. The van der Waals surface area contributed by atoms with Gasteiger partial charge in [0, 0.05) is 4.70 Å². The zero-order valence-electron chi connectivity index (χ0n) is 6.04. The van der Waals surface area contributed by atoms with E-state index in [1.54, 1.807) is 12.1 Å². The van der Waals surface area contributed by atoms with Gasteiger partial charge in [-0.1, -0.05) is 6.07 Å². The van der Waals surface area contributed by atoms with Crippen molar-refractivity contribution in [3.63, 3.8) is 0 Å². The summed E-state index contributed by atoms with van der Waals surface area (Å²) in [6.45, 7) is 0. The Balaban J connectivity index is 2.97. The molecular formula is C8H6FNOS. The summed E-state index contributed by atoms with van der Waals surface area (Å²) in [5.74, 6) is -0.578. The number of nitrogen functional groups attached to an aromatic ring is 1. The van der Waals surface area contributed by atoms with E-state index in [1.165, 1.54) is 17.4 Å². The summed E-state index contributed by atoms with van der Waals surface area (Å²) >= 11 is 1.18. The van der Waals surface area contributed by atoms with Gasteiger partial charge < -0.3 is 10.8 Å². The van der Waals surface area contributed by atoms with Gasteiger partial charge in [-0.3, -0.25) is 0 Å². The third-order valence-electron chi connectivity index (χ3n) is 1.67. The number of halogens is 1. The maximum Gasteiger partial charge on any atom is 0.160 e. The maximum atomic E-state index is 13.1. The smallest absolute Gasteiger partial charge is 0.160 e. The van der Waals surface area contributed by atoms with Gasteiger partial charge in [0.15, 0.2) is 5.75 Å². The molecule has 0 aliphatic carbocycles. The Labute approximate surface area is 72.1 Å². The summed E-state index contributed by atoms with van der Waals surface area (Å²) in [5.41, 5.74) is 5.42. The fraction of sp³-hybridized carbons (Fsp3) is 0. The van der Waals surface area contributed by atoms with Gasteiger partial charge in [-0.2, -0.15) is 0 Å². The first-order valence-electron chi connectivity index (χ1n) is 3.35. The average molecular weight is 183 g/mol. The monoisotopic (exact) mass is 183 g/mol. The molecule has 12 heavy (non-hydrogen) atoms. The van der Waals surface area contributed by atoms with Crippen molar-refractivity contribution < 1.29 is 9.50 Å². The average Bonchev–Trinajstić information content (AvgIpc) is 2.29. The highest BCUT2D eigenvalue weighted by Crippen LogP contribution is 2.39. The maximum absolute atomic E-state index is 13.1. The van der Waals surface area contributed by atoms with Crippen LogP contribution < -0.4 is 5.73 Å². The van der Waals surface area contributed by atoms with E-state index in [2.05, 4.69) is 0 Å². The predicted octanol–water partition coefficient (Wildman–Crippen LogP) is 2.33. The first-order valence-corrected chi connectivity index (χ1v) is 4.17. The molecule has 3 N–H and O–H groups in total. The van der Waals surface area contributed by atoms with E-state index in [1.807, 2.05) is 0 Å². The van der Waals surface area contributed by atoms with Gasteiger partial charge in [-0.25, -0.2) is 4.39 Å². The lowest BCUT2D eigenvalue weighted by atomic mass is 10.2. The molecule has 1 aromatic heterocycles. The van der Waals surface area contributed by atoms with Crippen molar-refractivity contribution in [3.8, 4) is 5.75 Å². The summed E-state index contributed by atoms with van der Waals surface area (Å²) in [4.78, 5) is 0. The summed E-state index contributed by atoms with van der Waals surface area (Å²) in [6.07, 6.45) is 0. The van der Waals surface area contributed by atoms with Crippen molar-refractivity contribution in [2.45, 2.75) is 0 Å². The van der Waals surface area contributed by atoms with E-state index < -0.39 is 5.82 Å². The number of aromatic hydroxyl groups is 1.